The largest absolute Gasteiger partial charge is 0.343 e. The summed E-state index contributed by atoms with van der Waals surface area (Å²) < 4.78 is 2.07. The second-order valence-electron chi connectivity index (χ2n) is 12.9. The highest BCUT2D eigenvalue weighted by molar-refractivity contribution is 9.10. The third-order valence-electron chi connectivity index (χ3n) is 9.98. The molecule has 2 amide bonds. The highest BCUT2D eigenvalue weighted by Crippen LogP contribution is 2.46. The number of aryl methyl sites for hydroxylation is 2. The number of rotatable bonds is 6. The zero-order valence-electron chi connectivity index (χ0n) is 25.3. The van der Waals surface area contributed by atoms with Crippen LogP contribution in [-0.2, 0) is 28.9 Å². The fraction of sp³-hybridized carbons (Fsp3) is 0.472. The summed E-state index contributed by atoms with van der Waals surface area (Å²) in [5.74, 6) is 1.38. The minimum Gasteiger partial charge on any atom is -0.343 e. The number of pyridine rings is 1. The normalized spacial score (nSPS) is 20.0. The van der Waals surface area contributed by atoms with E-state index in [9.17, 15) is 9.59 Å². The Hall–Kier alpha value is -2.22. The summed E-state index contributed by atoms with van der Waals surface area (Å²) >= 11 is 14.0. The van der Waals surface area contributed by atoms with Crippen molar-refractivity contribution in [3.63, 3.8) is 0 Å². The van der Waals surface area contributed by atoms with Gasteiger partial charge in [-0.15, -0.1) is 0 Å². The van der Waals surface area contributed by atoms with Crippen molar-refractivity contribution in [2.24, 2.45) is 17.8 Å². The SMILES string of the molecule is C[C@@H](Cc1ccccc1)C(=O)N1CCC(CC(=O)N2CCC([C@H]3c4ncc(Br)cc4CCc4cc(Cl)cc(Br)c43)CC2)CC1. The molecule has 3 heterocycles. The molecule has 2 aromatic carbocycles. The molecule has 2 aliphatic heterocycles. The van der Waals surface area contributed by atoms with E-state index in [2.05, 4.69) is 61.0 Å². The number of carbonyl (C=O) groups is 2. The number of likely N-dealkylation sites (tertiary alicyclic amines) is 2. The van der Waals surface area contributed by atoms with E-state index in [0.717, 1.165) is 85.1 Å². The summed E-state index contributed by atoms with van der Waals surface area (Å²) in [4.78, 5) is 35.6. The Balaban J connectivity index is 1.05. The first-order valence-electron chi connectivity index (χ1n) is 16.0. The number of hydrogen-bond acceptors (Lipinski definition) is 3. The molecule has 3 aliphatic rings. The van der Waals surface area contributed by atoms with E-state index in [1.165, 1.54) is 27.9 Å². The Bertz CT molecular complexity index is 1500. The van der Waals surface area contributed by atoms with Crippen LogP contribution in [0.25, 0.3) is 0 Å². The van der Waals surface area contributed by atoms with E-state index in [-0.39, 0.29) is 23.7 Å². The molecule has 0 radical (unpaired) electrons. The third-order valence-corrected chi connectivity index (χ3v) is 11.3. The minimum absolute atomic E-state index is 0.0291. The van der Waals surface area contributed by atoms with Crippen LogP contribution < -0.4 is 0 Å². The molecule has 2 atom stereocenters. The fourth-order valence-corrected chi connectivity index (χ4v) is 9.11. The molecular weight excluding hydrogens is 702 g/mol. The molecule has 2 saturated heterocycles. The summed E-state index contributed by atoms with van der Waals surface area (Å²) in [6.07, 6.45) is 8.85. The molecule has 44 heavy (non-hydrogen) atoms. The average Bonchev–Trinajstić information content (AvgIpc) is 3.18. The van der Waals surface area contributed by atoms with E-state index in [0.29, 0.717) is 18.3 Å². The topological polar surface area (TPSA) is 53.5 Å². The van der Waals surface area contributed by atoms with Gasteiger partial charge < -0.3 is 9.80 Å². The molecule has 1 aromatic heterocycles. The molecule has 0 spiro atoms. The van der Waals surface area contributed by atoms with Crippen LogP contribution in [0.15, 0.2) is 63.7 Å². The lowest BCUT2D eigenvalue weighted by Crippen LogP contribution is -2.44. The molecule has 2 fully saturated rings. The van der Waals surface area contributed by atoms with Crippen LogP contribution in [0.4, 0.5) is 0 Å². The van der Waals surface area contributed by atoms with Crippen molar-refractivity contribution in [3.8, 4) is 0 Å². The number of aromatic nitrogens is 1. The van der Waals surface area contributed by atoms with Crippen LogP contribution in [0.2, 0.25) is 5.02 Å². The fourth-order valence-electron chi connectivity index (χ4n) is 7.61. The van der Waals surface area contributed by atoms with E-state index in [4.69, 9.17) is 16.6 Å². The van der Waals surface area contributed by atoms with Gasteiger partial charge in [0.2, 0.25) is 11.8 Å². The second kappa shape index (κ2) is 14.0. The molecule has 5 nitrogen and oxygen atoms in total. The maximum Gasteiger partial charge on any atom is 0.225 e. The monoisotopic (exact) mass is 739 g/mol. The second-order valence-corrected chi connectivity index (χ2v) is 15.1. The number of amides is 2. The van der Waals surface area contributed by atoms with E-state index in [1.807, 2.05) is 42.3 Å². The Labute approximate surface area is 283 Å². The molecule has 8 heteroatoms. The van der Waals surface area contributed by atoms with Gasteiger partial charge in [0.05, 0.1) is 5.69 Å². The first kappa shape index (κ1) is 31.7. The molecule has 6 rings (SSSR count). The van der Waals surface area contributed by atoms with Gasteiger partial charge in [0.25, 0.3) is 0 Å². The standard InChI is InChI=1S/C36H40Br2ClN3O2/c1-23(17-24-5-3-2-4-6-24)36(44)42-13-9-25(10-14-42)18-32(43)41-15-11-26(12-16-41)34-33-27(20-30(39)21-31(33)38)7-8-28-19-29(37)22-40-35(28)34/h2-6,19-23,25-26,34H,7-18H2,1H3/t23-,34+/m0/s1. The van der Waals surface area contributed by atoms with Gasteiger partial charge in [-0.05, 0) is 113 Å². The quantitative estimate of drug-likeness (QED) is 0.256. The van der Waals surface area contributed by atoms with Crippen molar-refractivity contribution in [2.75, 3.05) is 26.2 Å². The first-order valence-corrected chi connectivity index (χ1v) is 18.0. The predicted octanol–water partition coefficient (Wildman–Crippen LogP) is 8.24. The van der Waals surface area contributed by atoms with Crippen molar-refractivity contribution in [3.05, 3.63) is 96.6 Å². The maximum atomic E-state index is 13.5. The van der Waals surface area contributed by atoms with Gasteiger partial charge in [-0.3, -0.25) is 14.6 Å². The number of carbonyl (C=O) groups excluding carboxylic acids is 2. The highest BCUT2D eigenvalue weighted by atomic mass is 79.9. The van der Waals surface area contributed by atoms with Crippen molar-refractivity contribution in [1.29, 1.82) is 0 Å². The van der Waals surface area contributed by atoms with Crippen LogP contribution in [0.5, 0.6) is 0 Å². The number of halogens is 3. The molecular formula is C36H40Br2ClN3O2. The van der Waals surface area contributed by atoms with Crippen LogP contribution in [-0.4, -0.2) is 52.8 Å². The molecule has 1 aliphatic carbocycles. The minimum atomic E-state index is -0.0291. The van der Waals surface area contributed by atoms with Crippen molar-refractivity contribution < 1.29 is 9.59 Å². The molecule has 232 valence electrons. The Morgan fingerprint density at radius 3 is 2.34 bits per heavy atom. The van der Waals surface area contributed by atoms with Gasteiger partial charge in [-0.2, -0.15) is 0 Å². The molecule has 0 N–H and O–H groups in total. The Morgan fingerprint density at radius 2 is 1.61 bits per heavy atom. The molecule has 3 aromatic rings. The molecule has 0 unspecified atom stereocenters. The maximum absolute atomic E-state index is 13.5. The smallest absolute Gasteiger partial charge is 0.225 e. The molecule has 0 saturated carbocycles. The van der Waals surface area contributed by atoms with E-state index < -0.39 is 0 Å². The summed E-state index contributed by atoms with van der Waals surface area (Å²) in [6, 6.07) is 16.6. The summed E-state index contributed by atoms with van der Waals surface area (Å²) in [5, 5.41) is 0.756. The summed E-state index contributed by atoms with van der Waals surface area (Å²) in [7, 11) is 0. The number of fused-ring (bicyclic) bond motifs is 2. The van der Waals surface area contributed by atoms with Gasteiger partial charge in [0.1, 0.15) is 0 Å². The van der Waals surface area contributed by atoms with Gasteiger partial charge >= 0.3 is 0 Å². The number of benzene rings is 2. The third kappa shape index (κ3) is 7.10. The van der Waals surface area contributed by atoms with Gasteiger partial charge in [-0.25, -0.2) is 0 Å². The lowest BCUT2D eigenvalue weighted by atomic mass is 9.76. The predicted molar refractivity (Wildman–Crippen MR) is 183 cm³/mol. The average molecular weight is 742 g/mol. The zero-order chi connectivity index (χ0) is 30.8. The van der Waals surface area contributed by atoms with Crippen LogP contribution >= 0.6 is 43.5 Å². The Kier molecular flexibility index (Phi) is 10.1. The van der Waals surface area contributed by atoms with Gasteiger partial charge in [0, 0.05) is 64.6 Å². The van der Waals surface area contributed by atoms with Crippen molar-refractivity contribution in [2.45, 2.75) is 64.2 Å². The Morgan fingerprint density at radius 1 is 0.932 bits per heavy atom. The van der Waals surface area contributed by atoms with Gasteiger partial charge in [-0.1, -0.05) is 64.8 Å². The van der Waals surface area contributed by atoms with Crippen LogP contribution in [0.1, 0.15) is 72.9 Å². The van der Waals surface area contributed by atoms with Crippen molar-refractivity contribution >= 4 is 55.3 Å². The van der Waals surface area contributed by atoms with Crippen LogP contribution in [0.3, 0.4) is 0 Å². The molecule has 0 bridgehead atoms. The lowest BCUT2D eigenvalue weighted by Gasteiger charge is -2.38. The van der Waals surface area contributed by atoms with E-state index in [1.54, 1.807) is 0 Å². The van der Waals surface area contributed by atoms with E-state index >= 15 is 0 Å². The summed E-state index contributed by atoms with van der Waals surface area (Å²) in [5.41, 5.74) is 6.26. The lowest BCUT2D eigenvalue weighted by molar-refractivity contribution is -0.137. The number of hydrogen-bond donors (Lipinski definition) is 0. The van der Waals surface area contributed by atoms with Crippen LogP contribution in [0, 0.1) is 17.8 Å². The number of piperidine rings is 2. The van der Waals surface area contributed by atoms with Crippen molar-refractivity contribution in [1.82, 2.24) is 14.8 Å². The summed E-state index contributed by atoms with van der Waals surface area (Å²) in [6.45, 7) is 5.09. The highest BCUT2D eigenvalue weighted by Gasteiger charge is 2.37. The first-order chi connectivity index (χ1) is 21.3. The van der Waals surface area contributed by atoms with Gasteiger partial charge in [0.15, 0.2) is 0 Å². The zero-order valence-corrected chi connectivity index (χ0v) is 29.2. The number of nitrogens with zero attached hydrogens (tertiary/aromatic N) is 3.